The van der Waals surface area contributed by atoms with Gasteiger partial charge in [0.25, 0.3) is 0 Å². The van der Waals surface area contributed by atoms with Gasteiger partial charge >= 0.3 is 0 Å². The van der Waals surface area contributed by atoms with Gasteiger partial charge in [-0.2, -0.15) is 0 Å². The van der Waals surface area contributed by atoms with E-state index in [0.29, 0.717) is 17.3 Å². The third-order valence-electron chi connectivity index (χ3n) is 8.82. The minimum atomic E-state index is -0.582. The summed E-state index contributed by atoms with van der Waals surface area (Å²) < 4.78 is 16.5. The number of alkyl halides is 1. The average Bonchev–Trinajstić information content (AvgIpc) is 2.83. The molecule has 0 aromatic rings. The van der Waals surface area contributed by atoms with Crippen molar-refractivity contribution in [1.29, 1.82) is 0 Å². The summed E-state index contributed by atoms with van der Waals surface area (Å²) >= 11 is 3.75. The van der Waals surface area contributed by atoms with Crippen LogP contribution >= 0.6 is 15.9 Å². The fraction of sp³-hybridized carbons (Fsp3) is 0.905. The fourth-order valence-electron chi connectivity index (χ4n) is 7.67. The zero-order valence-corrected chi connectivity index (χ0v) is 16.5. The first kappa shape index (κ1) is 16.6. The molecule has 0 aromatic heterocycles. The van der Waals surface area contributed by atoms with Gasteiger partial charge in [-0.25, -0.2) is 4.39 Å². The molecule has 0 saturated heterocycles. The largest absolute Gasteiger partial charge is 0.247 e. The molecule has 8 atom stereocenters. The highest BCUT2D eigenvalue weighted by molar-refractivity contribution is 9.11. The first-order chi connectivity index (χ1) is 10.9. The molecule has 0 heterocycles. The molecule has 0 N–H and O–H groups in total. The Morgan fingerprint density at radius 1 is 1.13 bits per heavy atom. The summed E-state index contributed by atoms with van der Waals surface area (Å²) in [6, 6.07) is 0. The van der Waals surface area contributed by atoms with E-state index in [1.54, 1.807) is 0 Å². The van der Waals surface area contributed by atoms with Crippen LogP contribution in [0.2, 0.25) is 0 Å². The number of rotatable bonds is 1. The average molecular weight is 383 g/mol. The van der Waals surface area contributed by atoms with Gasteiger partial charge in [0, 0.05) is 0 Å². The summed E-state index contributed by atoms with van der Waals surface area (Å²) in [6.07, 6.45) is 11.5. The Labute approximate surface area is 149 Å². The van der Waals surface area contributed by atoms with Crippen LogP contribution in [0.25, 0.3) is 0 Å². The predicted octanol–water partition coefficient (Wildman–Crippen LogP) is 6.89. The van der Waals surface area contributed by atoms with Crippen molar-refractivity contribution in [3.8, 4) is 0 Å². The Kier molecular flexibility index (Phi) is 4.03. The van der Waals surface area contributed by atoms with Crippen LogP contribution in [0.4, 0.5) is 4.39 Å². The molecule has 130 valence electrons. The molecule has 0 aromatic carbocycles. The molecule has 3 saturated carbocycles. The molecule has 0 nitrogen and oxygen atoms in total. The number of hydrogen-bond donors (Lipinski definition) is 0. The monoisotopic (exact) mass is 382 g/mol. The predicted molar refractivity (Wildman–Crippen MR) is 98.2 cm³/mol. The van der Waals surface area contributed by atoms with E-state index in [1.807, 2.05) is 0 Å². The van der Waals surface area contributed by atoms with Crippen LogP contribution in [0.5, 0.6) is 0 Å². The molecule has 4 aliphatic carbocycles. The van der Waals surface area contributed by atoms with Gasteiger partial charge < -0.3 is 0 Å². The highest BCUT2D eigenvalue weighted by Gasteiger charge is 2.61. The second-order valence-corrected chi connectivity index (χ2v) is 10.5. The quantitative estimate of drug-likeness (QED) is 0.462. The number of allylic oxidation sites excluding steroid dienone is 2. The van der Waals surface area contributed by atoms with Gasteiger partial charge in [-0.15, -0.1) is 0 Å². The Bertz CT molecular complexity index is 514. The maximum absolute atomic E-state index is 15.2. The lowest BCUT2D eigenvalue weighted by Crippen LogP contribution is -2.55. The lowest BCUT2D eigenvalue weighted by atomic mass is 9.45. The van der Waals surface area contributed by atoms with Gasteiger partial charge in [0.2, 0.25) is 0 Å². The lowest BCUT2D eigenvalue weighted by Gasteiger charge is -2.60. The zero-order chi connectivity index (χ0) is 16.4. The van der Waals surface area contributed by atoms with Crippen LogP contribution < -0.4 is 0 Å². The van der Waals surface area contributed by atoms with Crippen molar-refractivity contribution in [2.45, 2.75) is 78.3 Å². The number of hydrogen-bond acceptors (Lipinski definition) is 0. The van der Waals surface area contributed by atoms with E-state index in [-0.39, 0.29) is 11.3 Å². The van der Waals surface area contributed by atoms with Gasteiger partial charge in [-0.3, -0.25) is 0 Å². The van der Waals surface area contributed by atoms with Gasteiger partial charge in [-0.05, 0) is 89.8 Å². The van der Waals surface area contributed by atoms with Gasteiger partial charge in [0.05, 0.1) is 0 Å². The minimum absolute atomic E-state index is 0.0883. The first-order valence-corrected chi connectivity index (χ1v) is 10.7. The Hall–Kier alpha value is 0.150. The van der Waals surface area contributed by atoms with Crippen LogP contribution in [0.15, 0.2) is 10.6 Å². The molecule has 3 fully saturated rings. The number of fused-ring (bicyclic) bond motifs is 5. The van der Waals surface area contributed by atoms with Crippen molar-refractivity contribution in [1.82, 2.24) is 0 Å². The molecule has 0 bridgehead atoms. The van der Waals surface area contributed by atoms with Crippen LogP contribution in [0.1, 0.15) is 72.1 Å². The van der Waals surface area contributed by atoms with Crippen molar-refractivity contribution >= 4 is 15.9 Å². The van der Waals surface area contributed by atoms with E-state index in [0.717, 1.165) is 31.1 Å². The first-order valence-electron chi connectivity index (χ1n) is 9.91. The Morgan fingerprint density at radius 3 is 2.65 bits per heavy atom. The topological polar surface area (TPSA) is 0 Å². The van der Waals surface area contributed by atoms with Crippen LogP contribution in [-0.2, 0) is 0 Å². The Morgan fingerprint density at radius 2 is 1.91 bits per heavy atom. The third-order valence-corrected chi connectivity index (χ3v) is 9.45. The molecule has 0 amide bonds. The van der Waals surface area contributed by atoms with Crippen molar-refractivity contribution in [3.05, 3.63) is 10.6 Å². The van der Waals surface area contributed by atoms with Gasteiger partial charge in [0.15, 0.2) is 0 Å². The SMILES string of the molecule is CC[C@@H]1CC[C@H]2[C@@H]3C[C@@H](F)[C@H]4CCC(Br)=C[C@]4(C)[C@H]3CC[C@]12C. The van der Waals surface area contributed by atoms with E-state index < -0.39 is 6.17 Å². The zero-order valence-electron chi connectivity index (χ0n) is 15.0. The summed E-state index contributed by atoms with van der Waals surface area (Å²) in [6.45, 7) is 7.29. The summed E-state index contributed by atoms with van der Waals surface area (Å²) in [5.41, 5.74) is 0.583. The summed E-state index contributed by atoms with van der Waals surface area (Å²) in [4.78, 5) is 0. The van der Waals surface area contributed by atoms with E-state index in [9.17, 15) is 0 Å². The second-order valence-electron chi connectivity index (χ2n) is 9.46. The minimum Gasteiger partial charge on any atom is -0.247 e. The molecule has 0 radical (unpaired) electrons. The smallest absolute Gasteiger partial charge is 0.104 e. The third kappa shape index (κ3) is 2.26. The molecule has 4 rings (SSSR count). The van der Waals surface area contributed by atoms with E-state index in [2.05, 4.69) is 42.8 Å². The highest BCUT2D eigenvalue weighted by Crippen LogP contribution is 2.67. The van der Waals surface area contributed by atoms with Crippen molar-refractivity contribution in [3.63, 3.8) is 0 Å². The standard InChI is InChI=1S/C21H32BrF/c1-4-13-5-7-16-15-11-19(23)18-8-6-14(22)12-21(18,3)17(15)9-10-20(13,16)2/h12-13,15-19H,4-11H2,1-3H3/t13-,15+,16+,17+,18-,19-,20-,21-/m1/s1. The maximum Gasteiger partial charge on any atom is 0.104 e. The van der Waals surface area contributed by atoms with Crippen molar-refractivity contribution in [2.24, 2.45) is 40.4 Å². The maximum atomic E-state index is 15.2. The molecular formula is C21H32BrF. The van der Waals surface area contributed by atoms with Crippen LogP contribution in [0, 0.1) is 40.4 Å². The fourth-order valence-corrected chi connectivity index (χ4v) is 8.39. The molecule has 4 aliphatic rings. The van der Waals surface area contributed by atoms with Crippen LogP contribution in [-0.4, -0.2) is 6.17 Å². The van der Waals surface area contributed by atoms with Crippen molar-refractivity contribution in [2.75, 3.05) is 0 Å². The van der Waals surface area contributed by atoms with Crippen LogP contribution in [0.3, 0.4) is 0 Å². The second kappa shape index (κ2) is 5.58. The van der Waals surface area contributed by atoms with Gasteiger partial charge in [-0.1, -0.05) is 49.2 Å². The van der Waals surface area contributed by atoms with E-state index in [4.69, 9.17) is 0 Å². The normalized spacial score (nSPS) is 55.6. The number of halogens is 2. The lowest BCUT2D eigenvalue weighted by molar-refractivity contribution is -0.109. The van der Waals surface area contributed by atoms with Crippen molar-refractivity contribution < 1.29 is 4.39 Å². The molecule has 2 heteroatoms. The highest BCUT2D eigenvalue weighted by atomic mass is 79.9. The molecule has 0 spiro atoms. The van der Waals surface area contributed by atoms with Gasteiger partial charge in [0.1, 0.15) is 6.17 Å². The molecule has 0 unspecified atom stereocenters. The summed E-state index contributed by atoms with van der Waals surface area (Å²) in [7, 11) is 0. The Balaban J connectivity index is 1.70. The van der Waals surface area contributed by atoms with E-state index >= 15 is 4.39 Å². The molecule has 23 heavy (non-hydrogen) atoms. The summed E-state index contributed by atoms with van der Waals surface area (Å²) in [5.74, 6) is 3.25. The molecule has 0 aliphatic heterocycles. The molecular weight excluding hydrogens is 351 g/mol. The van der Waals surface area contributed by atoms with E-state index in [1.165, 1.54) is 36.6 Å². The summed E-state index contributed by atoms with van der Waals surface area (Å²) in [5, 5.41) is 0.